The Bertz CT molecular complexity index is 625. The number of carbonyl (C=O) groups is 1. The number of hydrogen-bond acceptors (Lipinski definition) is 4. The maximum Gasteiger partial charge on any atom is 0.374 e. The normalized spacial score (nSPS) is 13.2. The summed E-state index contributed by atoms with van der Waals surface area (Å²) < 4.78 is 11.1. The van der Waals surface area contributed by atoms with Crippen molar-refractivity contribution in [3.63, 3.8) is 0 Å². The Morgan fingerprint density at radius 1 is 1.12 bits per heavy atom. The van der Waals surface area contributed by atoms with E-state index in [2.05, 4.69) is 24.0 Å². The molecule has 0 saturated heterocycles. The van der Waals surface area contributed by atoms with Crippen LogP contribution < -0.4 is 12.4 Å². The van der Waals surface area contributed by atoms with E-state index < -0.39 is 5.97 Å². The molecule has 5 heteroatoms. The Kier molecular flexibility index (Phi) is 8.02. The molecule has 0 radical (unpaired) electrons. The fraction of sp³-hybridized carbons (Fsp3) is 0.421. The van der Waals surface area contributed by atoms with E-state index in [9.17, 15) is 4.79 Å². The predicted molar refractivity (Wildman–Crippen MR) is 90.7 cm³/mol. The minimum Gasteiger partial charge on any atom is -1.00 e. The van der Waals surface area contributed by atoms with Crippen molar-refractivity contribution in [1.82, 2.24) is 4.90 Å². The van der Waals surface area contributed by atoms with Crippen LogP contribution in [0.2, 0.25) is 0 Å². The lowest BCUT2D eigenvalue weighted by Gasteiger charge is -2.15. The first-order chi connectivity index (χ1) is 11.0. The fourth-order valence-corrected chi connectivity index (χ4v) is 2.34. The molecule has 1 aromatic heterocycles. The molecule has 0 aliphatic carbocycles. The van der Waals surface area contributed by atoms with Gasteiger partial charge in [-0.3, -0.25) is 0 Å². The molecule has 0 bridgehead atoms. The highest BCUT2D eigenvalue weighted by molar-refractivity contribution is 5.86. The molecule has 24 heavy (non-hydrogen) atoms. The van der Waals surface area contributed by atoms with Crippen LogP contribution in [0.4, 0.5) is 0 Å². The van der Waals surface area contributed by atoms with E-state index >= 15 is 0 Å². The van der Waals surface area contributed by atoms with Crippen LogP contribution in [-0.2, 0) is 4.74 Å². The highest BCUT2D eigenvalue weighted by Crippen LogP contribution is 2.26. The third-order valence-corrected chi connectivity index (χ3v) is 3.85. The summed E-state index contributed by atoms with van der Waals surface area (Å²) in [6.07, 6.45) is 0.664. The Morgan fingerprint density at radius 3 is 2.42 bits per heavy atom. The molecule has 0 aliphatic heterocycles. The Hall–Kier alpha value is -1.78. The predicted octanol–water partition coefficient (Wildman–Crippen LogP) is 0.932. The smallest absolute Gasteiger partial charge is 0.374 e. The van der Waals surface area contributed by atoms with Gasteiger partial charge in [-0.05, 0) is 45.1 Å². The number of halogens is 1. The van der Waals surface area contributed by atoms with Gasteiger partial charge < -0.3 is 26.5 Å². The van der Waals surface area contributed by atoms with E-state index in [1.807, 2.05) is 45.3 Å². The third kappa shape index (κ3) is 5.69. The zero-order valence-corrected chi connectivity index (χ0v) is 15.4. The first-order valence-electron chi connectivity index (χ1n) is 7.97. The average Bonchev–Trinajstić information content (AvgIpc) is 3.03. The molecule has 0 aliphatic rings. The van der Waals surface area contributed by atoms with E-state index in [0.29, 0.717) is 0 Å². The second kappa shape index (κ2) is 9.50. The van der Waals surface area contributed by atoms with Crippen molar-refractivity contribution in [3.05, 3.63) is 59.5 Å². The average molecular weight is 351 g/mol. The zero-order chi connectivity index (χ0) is 16.8. The first kappa shape index (κ1) is 20.3. The zero-order valence-electron chi connectivity index (χ0n) is 14.7. The van der Waals surface area contributed by atoms with Crippen molar-refractivity contribution in [2.24, 2.45) is 0 Å². The highest BCUT2D eigenvalue weighted by atomic mass is 35.5. The van der Waals surface area contributed by atoms with Gasteiger partial charge in [0.1, 0.15) is 11.9 Å². The summed E-state index contributed by atoms with van der Waals surface area (Å²) in [6.45, 7) is 4.84. The van der Waals surface area contributed by atoms with Crippen LogP contribution in [0, 0.1) is 0 Å². The first-order valence-corrected chi connectivity index (χ1v) is 7.97. The highest BCUT2D eigenvalue weighted by Gasteiger charge is 2.19. The van der Waals surface area contributed by atoms with E-state index in [1.165, 1.54) is 0 Å². The summed E-state index contributed by atoms with van der Waals surface area (Å²) in [6, 6.07) is 13.6. The van der Waals surface area contributed by atoms with Gasteiger partial charge in [-0.15, -0.1) is 0 Å². The van der Waals surface area contributed by atoms with E-state index in [1.54, 1.807) is 6.07 Å². The largest absolute Gasteiger partial charge is 1.00 e. The topological polar surface area (TPSA) is 42.7 Å². The molecule has 2 atom stereocenters. The maximum atomic E-state index is 12.1. The Balaban J connectivity index is 0.00000288. The molecule has 0 saturated carbocycles. The minimum absolute atomic E-state index is 0. The second-order valence-electron chi connectivity index (χ2n) is 6.14. The summed E-state index contributed by atoms with van der Waals surface area (Å²) in [5.74, 6) is 0.732. The minimum atomic E-state index is -0.400. The molecule has 2 unspecified atom stereocenters. The van der Waals surface area contributed by atoms with Crippen LogP contribution in [0.3, 0.4) is 0 Å². The van der Waals surface area contributed by atoms with Gasteiger partial charge in [0.05, 0.1) is 0 Å². The van der Waals surface area contributed by atoms with Crippen LogP contribution in [0.1, 0.15) is 48.1 Å². The van der Waals surface area contributed by atoms with Crippen LogP contribution in [0.25, 0.3) is 0 Å². The van der Waals surface area contributed by atoms with Gasteiger partial charge in [-0.2, -0.15) is 0 Å². The fourth-order valence-electron chi connectivity index (χ4n) is 2.34. The van der Waals surface area contributed by atoms with Crippen molar-refractivity contribution in [1.29, 1.82) is 0 Å². The number of benzene rings is 1. The second-order valence-corrected chi connectivity index (χ2v) is 6.14. The number of rotatable bonds is 7. The van der Waals surface area contributed by atoms with Gasteiger partial charge in [0.15, 0.2) is 0 Å². The summed E-state index contributed by atoms with van der Waals surface area (Å²) in [7, 11) is 4.00. The summed E-state index contributed by atoms with van der Waals surface area (Å²) >= 11 is 0. The third-order valence-electron chi connectivity index (χ3n) is 3.85. The van der Waals surface area contributed by atoms with Crippen molar-refractivity contribution in [2.75, 3.05) is 20.6 Å². The maximum absolute atomic E-state index is 12.1. The lowest BCUT2D eigenvalue weighted by Crippen LogP contribution is -3.00. The molecular weight excluding hydrogens is 326 g/mol. The van der Waals surface area contributed by atoms with Crippen LogP contribution in [0.5, 0.6) is 0 Å². The molecule has 0 spiro atoms. The summed E-state index contributed by atoms with van der Waals surface area (Å²) in [5.41, 5.74) is 1.15. The lowest BCUT2D eigenvalue weighted by atomic mass is 9.99. The monoisotopic (exact) mass is 350 g/mol. The molecule has 0 amide bonds. The molecule has 2 aromatic rings. The molecule has 1 aromatic carbocycles. The van der Waals surface area contributed by atoms with Crippen molar-refractivity contribution in [2.45, 2.75) is 32.3 Å². The van der Waals surface area contributed by atoms with Gasteiger partial charge >= 0.3 is 5.97 Å². The van der Waals surface area contributed by atoms with E-state index in [4.69, 9.17) is 9.15 Å². The number of nitrogens with zero attached hydrogens (tertiary/aromatic N) is 1. The van der Waals surface area contributed by atoms with E-state index in [-0.39, 0.29) is 30.2 Å². The van der Waals surface area contributed by atoms with Gasteiger partial charge in [0, 0.05) is 12.5 Å². The van der Waals surface area contributed by atoms with Crippen molar-refractivity contribution < 1.29 is 26.4 Å². The quantitative estimate of drug-likeness (QED) is 0.697. The standard InChI is InChI=1S/C19H25NO3.ClH/c1-14(12-13-20(3)4)22-19(21)18-11-10-17(23-18)15(2)16-8-6-5-7-9-16;/h5-11,14-15H,12-13H2,1-4H3;1H/p-1. The molecule has 0 N–H and O–H groups in total. The summed E-state index contributed by atoms with van der Waals surface area (Å²) in [5, 5.41) is 0. The van der Waals surface area contributed by atoms with Crippen molar-refractivity contribution >= 4 is 5.97 Å². The molecule has 132 valence electrons. The van der Waals surface area contributed by atoms with Gasteiger partial charge in [0.25, 0.3) is 0 Å². The van der Waals surface area contributed by atoms with E-state index in [0.717, 1.165) is 24.3 Å². The van der Waals surface area contributed by atoms with Crippen molar-refractivity contribution in [3.8, 4) is 0 Å². The van der Waals surface area contributed by atoms with Gasteiger partial charge in [-0.1, -0.05) is 37.3 Å². The lowest BCUT2D eigenvalue weighted by molar-refractivity contribution is -0.0000380. The SMILES string of the molecule is CC(CCN(C)C)OC(=O)c1ccc(C(C)c2ccccc2)o1.[Cl-]. The summed E-state index contributed by atoms with van der Waals surface area (Å²) in [4.78, 5) is 14.2. The molecule has 4 nitrogen and oxygen atoms in total. The number of carbonyl (C=O) groups excluding carboxylic acids is 1. The van der Waals surface area contributed by atoms with Crippen LogP contribution in [-0.4, -0.2) is 37.6 Å². The Morgan fingerprint density at radius 2 is 1.79 bits per heavy atom. The van der Waals surface area contributed by atoms with Gasteiger partial charge in [-0.25, -0.2) is 4.79 Å². The molecule has 2 rings (SSSR count). The molecular formula is C19H25ClNO3-. The van der Waals surface area contributed by atoms with Gasteiger partial charge in [0.2, 0.25) is 5.76 Å². The molecule has 1 heterocycles. The Labute approximate surface area is 150 Å². The number of furan rings is 1. The number of hydrogen-bond donors (Lipinski definition) is 0. The van der Waals surface area contributed by atoms with Crippen LogP contribution >= 0.6 is 0 Å². The number of ether oxygens (including phenoxy) is 1. The molecule has 0 fully saturated rings. The van der Waals surface area contributed by atoms with Crippen LogP contribution in [0.15, 0.2) is 46.9 Å². The number of esters is 1.